The summed E-state index contributed by atoms with van der Waals surface area (Å²) in [6.45, 7) is 1.07. The summed E-state index contributed by atoms with van der Waals surface area (Å²) >= 11 is 5.31. The minimum Gasteiger partial charge on any atom is -0.332 e. The molecule has 1 fully saturated rings. The standard InChI is InChI=1S/C19H24N4O4S3/c1-22(2)29(24,25)17-9-5-7-15(13-17)20-19(28)21-16-8-6-10-18(14-16)30(26,27)23-11-3-4-12-23/h5-10,13-14H,3-4,11-12H2,1-2H3,(H2,20,21,28). The topological polar surface area (TPSA) is 98.8 Å². The highest BCUT2D eigenvalue weighted by molar-refractivity contribution is 7.89. The van der Waals surface area contributed by atoms with Crippen LogP contribution in [0.2, 0.25) is 0 Å². The summed E-state index contributed by atoms with van der Waals surface area (Å²) in [4.78, 5) is 0.343. The first-order valence-corrected chi connectivity index (χ1v) is 12.6. The van der Waals surface area contributed by atoms with Crippen LogP contribution in [0.15, 0.2) is 58.3 Å². The fraction of sp³-hybridized carbons (Fsp3) is 0.316. The predicted octanol–water partition coefficient (Wildman–Crippen LogP) is 2.53. The van der Waals surface area contributed by atoms with Crippen molar-refractivity contribution in [1.29, 1.82) is 0 Å². The first kappa shape index (κ1) is 22.6. The van der Waals surface area contributed by atoms with Crippen molar-refractivity contribution in [2.24, 2.45) is 0 Å². The molecule has 30 heavy (non-hydrogen) atoms. The van der Waals surface area contributed by atoms with Gasteiger partial charge < -0.3 is 10.6 Å². The second-order valence-corrected chi connectivity index (χ2v) is 11.5. The maximum Gasteiger partial charge on any atom is 0.243 e. The van der Waals surface area contributed by atoms with Crippen LogP contribution in [0.5, 0.6) is 0 Å². The van der Waals surface area contributed by atoms with E-state index in [9.17, 15) is 16.8 Å². The third kappa shape index (κ3) is 4.98. The molecule has 0 unspecified atom stereocenters. The fourth-order valence-electron chi connectivity index (χ4n) is 3.05. The van der Waals surface area contributed by atoms with Gasteiger partial charge in [-0.25, -0.2) is 21.1 Å². The van der Waals surface area contributed by atoms with Crippen molar-refractivity contribution < 1.29 is 16.8 Å². The zero-order valence-corrected chi connectivity index (χ0v) is 19.1. The maximum absolute atomic E-state index is 12.7. The molecule has 0 saturated carbocycles. The van der Waals surface area contributed by atoms with E-state index in [1.165, 1.54) is 36.6 Å². The molecule has 0 spiro atoms. The van der Waals surface area contributed by atoms with E-state index < -0.39 is 20.0 Å². The van der Waals surface area contributed by atoms with Gasteiger partial charge >= 0.3 is 0 Å². The summed E-state index contributed by atoms with van der Waals surface area (Å²) in [5.74, 6) is 0. The van der Waals surface area contributed by atoms with Crippen molar-refractivity contribution in [2.45, 2.75) is 22.6 Å². The molecule has 2 aromatic carbocycles. The number of nitrogens with zero attached hydrogens (tertiary/aromatic N) is 2. The first-order chi connectivity index (χ1) is 14.1. The van der Waals surface area contributed by atoms with Crippen molar-refractivity contribution in [1.82, 2.24) is 8.61 Å². The van der Waals surface area contributed by atoms with Crippen LogP contribution < -0.4 is 10.6 Å². The van der Waals surface area contributed by atoms with Gasteiger partial charge in [-0.1, -0.05) is 12.1 Å². The van der Waals surface area contributed by atoms with Crippen LogP contribution in [-0.2, 0) is 20.0 Å². The summed E-state index contributed by atoms with van der Waals surface area (Å²) in [6.07, 6.45) is 1.74. The Morgan fingerprint density at radius 3 is 1.93 bits per heavy atom. The normalized spacial score (nSPS) is 15.3. The monoisotopic (exact) mass is 468 g/mol. The van der Waals surface area contributed by atoms with Gasteiger partial charge in [0, 0.05) is 38.6 Å². The van der Waals surface area contributed by atoms with Gasteiger partial charge in [-0.15, -0.1) is 0 Å². The molecule has 1 aliphatic heterocycles. The molecule has 2 N–H and O–H groups in total. The summed E-state index contributed by atoms with van der Waals surface area (Å²) in [7, 11) is -4.17. The minimum absolute atomic E-state index is 0.138. The molecule has 0 aromatic heterocycles. The molecule has 1 saturated heterocycles. The Kier molecular flexibility index (Phi) is 6.78. The van der Waals surface area contributed by atoms with E-state index in [1.807, 2.05) is 0 Å². The third-order valence-electron chi connectivity index (χ3n) is 4.67. The second-order valence-electron chi connectivity index (χ2n) is 7.03. The van der Waals surface area contributed by atoms with Gasteiger partial charge in [0.15, 0.2) is 5.11 Å². The molecule has 0 atom stereocenters. The lowest BCUT2D eigenvalue weighted by Gasteiger charge is -2.17. The lowest BCUT2D eigenvalue weighted by molar-refractivity contribution is 0.477. The minimum atomic E-state index is -3.57. The van der Waals surface area contributed by atoms with Crippen molar-refractivity contribution in [3.63, 3.8) is 0 Å². The highest BCUT2D eigenvalue weighted by Gasteiger charge is 2.27. The molecule has 162 valence electrons. The van der Waals surface area contributed by atoms with Crippen LogP contribution in [0, 0.1) is 0 Å². The van der Waals surface area contributed by atoms with Gasteiger partial charge in [0.2, 0.25) is 20.0 Å². The zero-order chi connectivity index (χ0) is 21.9. The van der Waals surface area contributed by atoms with Gasteiger partial charge in [-0.2, -0.15) is 4.31 Å². The van der Waals surface area contributed by atoms with E-state index >= 15 is 0 Å². The number of nitrogens with one attached hydrogen (secondary N) is 2. The molecule has 2 aromatic rings. The SMILES string of the molecule is CN(C)S(=O)(=O)c1cccc(NC(=S)Nc2cccc(S(=O)(=O)N3CCCC3)c2)c1. The van der Waals surface area contributed by atoms with Crippen molar-refractivity contribution in [3.05, 3.63) is 48.5 Å². The predicted molar refractivity (Wildman–Crippen MR) is 122 cm³/mol. The molecule has 3 rings (SSSR count). The maximum atomic E-state index is 12.7. The number of hydrogen-bond acceptors (Lipinski definition) is 5. The smallest absolute Gasteiger partial charge is 0.243 e. The third-order valence-corrected chi connectivity index (χ3v) is 8.58. The molecule has 8 nitrogen and oxygen atoms in total. The lowest BCUT2D eigenvalue weighted by atomic mass is 10.3. The average Bonchev–Trinajstić information content (AvgIpc) is 3.24. The van der Waals surface area contributed by atoms with Crippen LogP contribution in [0.4, 0.5) is 11.4 Å². The molecule has 11 heteroatoms. The number of hydrogen-bond donors (Lipinski definition) is 2. The molecule has 1 aliphatic rings. The highest BCUT2D eigenvalue weighted by atomic mass is 32.2. The van der Waals surface area contributed by atoms with Crippen LogP contribution >= 0.6 is 12.2 Å². The Morgan fingerprint density at radius 1 is 0.900 bits per heavy atom. The lowest BCUT2D eigenvalue weighted by Crippen LogP contribution is -2.28. The van der Waals surface area contributed by atoms with Crippen molar-refractivity contribution in [3.8, 4) is 0 Å². The average molecular weight is 469 g/mol. The largest absolute Gasteiger partial charge is 0.332 e. The summed E-state index contributed by atoms with van der Waals surface area (Å²) in [5.41, 5.74) is 1.01. The van der Waals surface area contributed by atoms with E-state index in [1.54, 1.807) is 30.3 Å². The first-order valence-electron chi connectivity index (χ1n) is 9.31. The highest BCUT2D eigenvalue weighted by Crippen LogP contribution is 2.23. The van der Waals surface area contributed by atoms with E-state index in [-0.39, 0.29) is 14.9 Å². The van der Waals surface area contributed by atoms with E-state index in [4.69, 9.17) is 12.2 Å². The van der Waals surface area contributed by atoms with Gasteiger partial charge in [-0.05, 0) is 61.5 Å². The molecular formula is C19H24N4O4S3. The number of thiocarbonyl (C=S) groups is 1. The molecule has 0 radical (unpaired) electrons. The molecule has 0 bridgehead atoms. The summed E-state index contributed by atoms with van der Waals surface area (Å²) < 4.78 is 52.7. The second kappa shape index (κ2) is 8.98. The van der Waals surface area contributed by atoms with Crippen molar-refractivity contribution >= 4 is 48.8 Å². The van der Waals surface area contributed by atoms with Crippen LogP contribution in [-0.4, -0.2) is 57.7 Å². The van der Waals surface area contributed by atoms with Crippen LogP contribution in [0.3, 0.4) is 0 Å². The molecule has 0 amide bonds. The Labute approximate surface area is 183 Å². The van der Waals surface area contributed by atoms with E-state index in [2.05, 4.69) is 10.6 Å². The van der Waals surface area contributed by atoms with E-state index in [0.717, 1.165) is 17.1 Å². The zero-order valence-electron chi connectivity index (χ0n) is 16.7. The van der Waals surface area contributed by atoms with Gasteiger partial charge in [-0.3, -0.25) is 0 Å². The van der Waals surface area contributed by atoms with Gasteiger partial charge in [0.1, 0.15) is 0 Å². The number of benzene rings is 2. The summed E-state index contributed by atoms with van der Waals surface area (Å²) in [5, 5.41) is 6.10. The van der Waals surface area contributed by atoms with E-state index in [0.29, 0.717) is 24.5 Å². The Bertz CT molecular complexity index is 1140. The fourth-order valence-corrected chi connectivity index (χ4v) is 5.80. The molecule has 0 aliphatic carbocycles. The van der Waals surface area contributed by atoms with Crippen LogP contribution in [0.1, 0.15) is 12.8 Å². The van der Waals surface area contributed by atoms with Gasteiger partial charge in [0.05, 0.1) is 9.79 Å². The Balaban J connectivity index is 1.73. The number of anilines is 2. The quantitative estimate of drug-likeness (QED) is 0.629. The van der Waals surface area contributed by atoms with Crippen LogP contribution in [0.25, 0.3) is 0 Å². The van der Waals surface area contributed by atoms with Crippen molar-refractivity contribution in [2.75, 3.05) is 37.8 Å². The number of sulfonamides is 2. The Morgan fingerprint density at radius 2 is 1.40 bits per heavy atom. The van der Waals surface area contributed by atoms with Gasteiger partial charge in [0.25, 0.3) is 0 Å². The summed E-state index contributed by atoms with van der Waals surface area (Å²) in [6, 6.07) is 12.8. The number of rotatable bonds is 6. The Hall–Kier alpha value is -2.05. The molecule has 1 heterocycles. The molecular weight excluding hydrogens is 444 g/mol.